The number of aromatic nitrogens is 5. The largest absolute Gasteiger partial charge is 0.395 e. The summed E-state index contributed by atoms with van der Waals surface area (Å²) < 4.78 is 3.44. The number of anilines is 2. The van der Waals surface area contributed by atoms with Gasteiger partial charge in [-0.05, 0) is 55.3 Å². The van der Waals surface area contributed by atoms with Crippen LogP contribution in [0.25, 0.3) is 16.7 Å². The molecule has 1 aliphatic rings. The molecule has 4 heterocycles. The van der Waals surface area contributed by atoms with E-state index in [0.717, 1.165) is 36.6 Å². The van der Waals surface area contributed by atoms with Gasteiger partial charge in [0.15, 0.2) is 5.65 Å². The molecule has 3 N–H and O–H groups in total. The number of hydrogen-bond donors (Lipinski definition) is 3. The summed E-state index contributed by atoms with van der Waals surface area (Å²) >= 11 is 0. The van der Waals surface area contributed by atoms with E-state index in [2.05, 4.69) is 32.7 Å². The molecular weight excluding hydrogens is 430 g/mol. The van der Waals surface area contributed by atoms with Crippen molar-refractivity contribution in [2.24, 2.45) is 0 Å². The average Bonchev–Trinajstić information content (AvgIpc) is 3.14. The van der Waals surface area contributed by atoms with Gasteiger partial charge >= 0.3 is 0 Å². The van der Waals surface area contributed by atoms with E-state index in [4.69, 9.17) is 4.98 Å². The van der Waals surface area contributed by atoms with E-state index in [0.29, 0.717) is 23.5 Å². The molecule has 0 atom stereocenters. The van der Waals surface area contributed by atoms with Crippen molar-refractivity contribution in [2.45, 2.75) is 45.7 Å². The Labute approximate surface area is 197 Å². The van der Waals surface area contributed by atoms with E-state index in [-0.39, 0.29) is 12.2 Å². The van der Waals surface area contributed by atoms with Crippen molar-refractivity contribution in [3.05, 3.63) is 69.9 Å². The number of nitrogens with zero attached hydrogens (tertiary/aromatic N) is 5. The third kappa shape index (κ3) is 3.86. The van der Waals surface area contributed by atoms with Crippen LogP contribution < -0.4 is 16.2 Å². The summed E-state index contributed by atoms with van der Waals surface area (Å²) in [5.74, 6) is 0.420. The zero-order valence-electron chi connectivity index (χ0n) is 19.7. The first-order chi connectivity index (χ1) is 16.4. The summed E-state index contributed by atoms with van der Waals surface area (Å²) in [7, 11) is 0. The smallest absolute Gasteiger partial charge is 0.278 e. The highest BCUT2D eigenvalue weighted by Gasteiger charge is 2.23. The highest BCUT2D eigenvalue weighted by Crippen LogP contribution is 2.25. The van der Waals surface area contributed by atoms with Gasteiger partial charge in [0.2, 0.25) is 5.95 Å². The molecular formula is C25H29N7O2. The highest BCUT2D eigenvalue weighted by atomic mass is 16.3. The van der Waals surface area contributed by atoms with Crippen LogP contribution in [0.2, 0.25) is 0 Å². The lowest BCUT2D eigenvalue weighted by molar-refractivity contribution is 0.215. The molecule has 4 aromatic rings. The maximum atomic E-state index is 13.1. The van der Waals surface area contributed by atoms with Crippen molar-refractivity contribution in [2.75, 3.05) is 18.5 Å². The fraction of sp³-hybridized carbons (Fsp3) is 0.360. The Hall–Kier alpha value is -3.56. The fourth-order valence-corrected chi connectivity index (χ4v) is 4.33. The summed E-state index contributed by atoms with van der Waals surface area (Å²) in [4.78, 5) is 26.7. The quantitative estimate of drug-likeness (QED) is 0.407. The van der Waals surface area contributed by atoms with Gasteiger partial charge in [0.05, 0.1) is 18.0 Å². The van der Waals surface area contributed by atoms with Crippen LogP contribution in [0.1, 0.15) is 37.6 Å². The van der Waals surface area contributed by atoms with Crippen LogP contribution in [-0.2, 0) is 24.9 Å². The Bertz CT molecular complexity index is 1420. The number of fused-ring (bicyclic) bond motifs is 2. The van der Waals surface area contributed by atoms with Crippen LogP contribution in [0.5, 0.6) is 0 Å². The third-order valence-corrected chi connectivity index (χ3v) is 6.40. The molecule has 176 valence electrons. The molecule has 0 saturated heterocycles. The van der Waals surface area contributed by atoms with E-state index < -0.39 is 5.41 Å². The molecule has 0 saturated carbocycles. The lowest BCUT2D eigenvalue weighted by atomic mass is 9.90. The molecule has 0 aliphatic carbocycles. The minimum absolute atomic E-state index is 0.0387. The normalized spacial score (nSPS) is 13.8. The van der Waals surface area contributed by atoms with Crippen molar-refractivity contribution < 1.29 is 5.11 Å². The molecule has 1 aliphatic heterocycles. The summed E-state index contributed by atoms with van der Waals surface area (Å²) in [6.45, 7) is 8.05. The first-order valence-electron chi connectivity index (χ1n) is 11.6. The molecule has 5 rings (SSSR count). The summed E-state index contributed by atoms with van der Waals surface area (Å²) in [6, 6.07) is 10.0. The number of rotatable bonds is 6. The molecule has 0 amide bonds. The fourth-order valence-electron chi connectivity index (χ4n) is 4.33. The molecule has 1 aromatic carbocycles. The predicted molar refractivity (Wildman–Crippen MR) is 132 cm³/mol. The molecule has 0 fully saturated rings. The molecule has 3 aromatic heterocycles. The lowest BCUT2D eigenvalue weighted by Crippen LogP contribution is -2.25. The van der Waals surface area contributed by atoms with Crippen molar-refractivity contribution in [1.82, 2.24) is 29.6 Å². The van der Waals surface area contributed by atoms with Crippen molar-refractivity contribution >= 4 is 22.7 Å². The number of nitrogens with one attached hydrogen (secondary N) is 2. The minimum Gasteiger partial charge on any atom is -0.395 e. The number of pyridine rings is 1. The van der Waals surface area contributed by atoms with E-state index in [9.17, 15) is 9.90 Å². The number of aliphatic hydroxyl groups excluding tert-OH is 1. The van der Waals surface area contributed by atoms with E-state index in [1.165, 1.54) is 11.1 Å². The van der Waals surface area contributed by atoms with Gasteiger partial charge in [0.1, 0.15) is 5.39 Å². The summed E-state index contributed by atoms with van der Waals surface area (Å²) in [5, 5.41) is 16.9. The third-order valence-electron chi connectivity index (χ3n) is 6.40. The van der Waals surface area contributed by atoms with Crippen LogP contribution >= 0.6 is 0 Å². The predicted octanol–water partition coefficient (Wildman–Crippen LogP) is 2.66. The number of aliphatic hydroxyl groups is 1. The SMILES string of the molecule is CCn1c(=O)c2cnc(Nc3ccc4c(c3)CNCC4)nc2n1-c1ccnc(C(C)(C)CO)c1. The van der Waals surface area contributed by atoms with Gasteiger partial charge in [-0.3, -0.25) is 9.78 Å². The molecule has 0 unspecified atom stereocenters. The molecule has 0 radical (unpaired) electrons. The number of hydrogen-bond acceptors (Lipinski definition) is 7. The number of benzene rings is 1. The van der Waals surface area contributed by atoms with Crippen LogP contribution in [0, 0.1) is 0 Å². The van der Waals surface area contributed by atoms with E-state index >= 15 is 0 Å². The van der Waals surface area contributed by atoms with Crippen molar-refractivity contribution in [1.29, 1.82) is 0 Å². The minimum atomic E-state index is -0.515. The lowest BCUT2D eigenvalue weighted by Gasteiger charge is -2.22. The Morgan fingerprint density at radius 1 is 1.18 bits per heavy atom. The Balaban J connectivity index is 1.60. The second-order valence-electron chi connectivity index (χ2n) is 9.24. The van der Waals surface area contributed by atoms with Gasteiger partial charge in [0, 0.05) is 36.6 Å². The molecule has 34 heavy (non-hydrogen) atoms. The summed E-state index contributed by atoms with van der Waals surface area (Å²) in [5.41, 5.74) is 4.87. The standard InChI is InChI=1S/C25H29N7O2/c1-4-31-23(34)20-14-28-24(29-18-6-5-16-7-9-26-13-17(16)11-18)30-22(20)32(31)19-8-10-27-21(12-19)25(2,3)15-33/h5-6,8,10-12,14,26,33H,4,7,9,13,15H2,1-3H3,(H,28,29,30). The Kier molecular flexibility index (Phi) is 5.66. The van der Waals surface area contributed by atoms with Gasteiger partial charge in [-0.15, -0.1) is 0 Å². The van der Waals surface area contributed by atoms with E-state index in [1.807, 2.05) is 39.0 Å². The Morgan fingerprint density at radius 2 is 2.03 bits per heavy atom. The molecule has 9 heteroatoms. The first-order valence-corrected chi connectivity index (χ1v) is 11.6. The second kappa shape index (κ2) is 8.66. The molecule has 0 spiro atoms. The zero-order valence-corrected chi connectivity index (χ0v) is 19.7. The van der Waals surface area contributed by atoms with Gasteiger partial charge in [0.25, 0.3) is 5.56 Å². The molecule has 0 bridgehead atoms. The monoisotopic (exact) mass is 459 g/mol. The van der Waals surface area contributed by atoms with Crippen molar-refractivity contribution in [3.8, 4) is 5.69 Å². The van der Waals surface area contributed by atoms with Gasteiger partial charge < -0.3 is 15.7 Å². The van der Waals surface area contributed by atoms with Crippen molar-refractivity contribution in [3.63, 3.8) is 0 Å². The van der Waals surface area contributed by atoms with Crippen LogP contribution in [0.4, 0.5) is 11.6 Å². The molecule has 9 nitrogen and oxygen atoms in total. The van der Waals surface area contributed by atoms with Gasteiger partial charge in [-0.2, -0.15) is 4.98 Å². The average molecular weight is 460 g/mol. The van der Waals surface area contributed by atoms with Crippen LogP contribution in [-0.4, -0.2) is 42.6 Å². The second-order valence-corrected chi connectivity index (χ2v) is 9.24. The Morgan fingerprint density at radius 3 is 2.82 bits per heavy atom. The van der Waals surface area contributed by atoms with Gasteiger partial charge in [-0.25, -0.2) is 14.3 Å². The topological polar surface area (TPSA) is 110 Å². The van der Waals surface area contributed by atoms with Crippen LogP contribution in [0.3, 0.4) is 0 Å². The van der Waals surface area contributed by atoms with Crippen LogP contribution in [0.15, 0.2) is 47.5 Å². The zero-order chi connectivity index (χ0) is 23.9. The maximum Gasteiger partial charge on any atom is 0.278 e. The van der Waals surface area contributed by atoms with E-state index in [1.54, 1.807) is 21.8 Å². The first kappa shape index (κ1) is 22.2. The highest BCUT2D eigenvalue weighted by molar-refractivity contribution is 5.77. The van der Waals surface area contributed by atoms with Gasteiger partial charge in [-0.1, -0.05) is 19.9 Å². The maximum absolute atomic E-state index is 13.1. The summed E-state index contributed by atoms with van der Waals surface area (Å²) in [6.07, 6.45) is 4.30.